The SMILES string of the molecule is C[C@@](O)(COc1ccccc1)c1ccc2c(c1)CN(CCCC(F)(F)F)CCO2. The molecule has 0 spiro atoms. The molecule has 1 atom stereocenters. The molecule has 0 bridgehead atoms. The van der Waals surface area contributed by atoms with Crippen LogP contribution >= 0.6 is 0 Å². The van der Waals surface area contributed by atoms with Gasteiger partial charge in [0.2, 0.25) is 0 Å². The quantitative estimate of drug-likeness (QED) is 0.731. The molecule has 0 amide bonds. The predicted molar refractivity (Wildman–Crippen MR) is 104 cm³/mol. The maximum absolute atomic E-state index is 12.4. The molecular weight excluding hydrogens is 383 g/mol. The lowest BCUT2D eigenvalue weighted by Gasteiger charge is -2.25. The zero-order valence-corrected chi connectivity index (χ0v) is 16.4. The summed E-state index contributed by atoms with van der Waals surface area (Å²) in [7, 11) is 0. The van der Waals surface area contributed by atoms with Crippen LogP contribution in [0, 0.1) is 0 Å². The maximum Gasteiger partial charge on any atom is 0.389 e. The number of aliphatic hydroxyl groups is 1. The molecule has 7 heteroatoms. The molecule has 1 N–H and O–H groups in total. The molecule has 0 saturated carbocycles. The van der Waals surface area contributed by atoms with Crippen LogP contribution < -0.4 is 9.47 Å². The van der Waals surface area contributed by atoms with Gasteiger partial charge < -0.3 is 14.6 Å². The van der Waals surface area contributed by atoms with Gasteiger partial charge in [0, 0.05) is 25.1 Å². The third-order valence-corrected chi connectivity index (χ3v) is 4.94. The van der Waals surface area contributed by atoms with E-state index in [0.717, 1.165) is 5.56 Å². The normalized spacial score (nSPS) is 17.0. The van der Waals surface area contributed by atoms with Crippen molar-refractivity contribution in [2.75, 3.05) is 26.3 Å². The van der Waals surface area contributed by atoms with Gasteiger partial charge in [-0.25, -0.2) is 0 Å². The average Bonchev–Trinajstić information content (AvgIpc) is 2.87. The highest BCUT2D eigenvalue weighted by Crippen LogP contribution is 2.30. The number of benzene rings is 2. The smallest absolute Gasteiger partial charge is 0.389 e. The molecule has 0 aromatic heterocycles. The summed E-state index contributed by atoms with van der Waals surface area (Å²) in [6.45, 7) is 3.57. The largest absolute Gasteiger partial charge is 0.492 e. The lowest BCUT2D eigenvalue weighted by atomic mass is 9.94. The van der Waals surface area contributed by atoms with Crippen molar-refractivity contribution in [1.82, 2.24) is 4.90 Å². The van der Waals surface area contributed by atoms with E-state index in [4.69, 9.17) is 9.47 Å². The molecule has 2 aromatic rings. The monoisotopic (exact) mass is 409 g/mol. The standard InChI is InChI=1S/C22H26F3NO3/c1-21(27,16-29-19-6-3-2-4-7-19)18-8-9-20-17(14-18)15-26(12-13-28-20)11-5-10-22(23,24)25/h2-4,6-9,14,27H,5,10-13,15-16H2,1H3/t21-/m1/s1. The minimum Gasteiger partial charge on any atom is -0.492 e. The molecule has 0 unspecified atom stereocenters. The topological polar surface area (TPSA) is 41.9 Å². The van der Waals surface area contributed by atoms with Gasteiger partial charge in [-0.3, -0.25) is 4.90 Å². The summed E-state index contributed by atoms with van der Waals surface area (Å²) < 4.78 is 48.7. The van der Waals surface area contributed by atoms with Gasteiger partial charge in [-0.2, -0.15) is 13.2 Å². The highest BCUT2D eigenvalue weighted by molar-refractivity contribution is 5.40. The van der Waals surface area contributed by atoms with E-state index in [1.807, 2.05) is 41.3 Å². The van der Waals surface area contributed by atoms with Crippen molar-refractivity contribution in [2.45, 2.75) is 38.1 Å². The highest BCUT2D eigenvalue weighted by Gasteiger charge is 2.28. The van der Waals surface area contributed by atoms with Crippen LogP contribution in [-0.4, -0.2) is 42.5 Å². The molecule has 1 aliphatic rings. The summed E-state index contributed by atoms with van der Waals surface area (Å²) in [5.74, 6) is 1.37. The van der Waals surface area contributed by atoms with Crippen LogP contribution in [0.2, 0.25) is 0 Å². The number of hydrogen-bond donors (Lipinski definition) is 1. The number of alkyl halides is 3. The van der Waals surface area contributed by atoms with Crippen molar-refractivity contribution in [1.29, 1.82) is 0 Å². The zero-order valence-electron chi connectivity index (χ0n) is 16.4. The van der Waals surface area contributed by atoms with Gasteiger partial charge in [-0.15, -0.1) is 0 Å². The summed E-state index contributed by atoms with van der Waals surface area (Å²) in [4.78, 5) is 1.95. The van der Waals surface area contributed by atoms with Crippen molar-refractivity contribution in [3.63, 3.8) is 0 Å². The van der Waals surface area contributed by atoms with Gasteiger partial charge in [0.05, 0.1) is 0 Å². The van der Waals surface area contributed by atoms with Gasteiger partial charge in [0.25, 0.3) is 0 Å². The molecule has 158 valence electrons. The molecule has 0 fully saturated rings. The molecule has 2 aromatic carbocycles. The van der Waals surface area contributed by atoms with Crippen LogP contribution in [0.15, 0.2) is 48.5 Å². The Hall–Kier alpha value is -2.25. The van der Waals surface area contributed by atoms with Crippen molar-refractivity contribution >= 4 is 0 Å². The van der Waals surface area contributed by atoms with E-state index < -0.39 is 18.2 Å². The van der Waals surface area contributed by atoms with Gasteiger partial charge in [-0.05, 0) is 49.7 Å². The second kappa shape index (κ2) is 9.05. The molecule has 4 nitrogen and oxygen atoms in total. The molecule has 29 heavy (non-hydrogen) atoms. The van der Waals surface area contributed by atoms with Crippen molar-refractivity contribution in [3.8, 4) is 11.5 Å². The fourth-order valence-corrected chi connectivity index (χ4v) is 3.30. The molecular formula is C22H26F3NO3. The summed E-state index contributed by atoms with van der Waals surface area (Å²) in [6, 6.07) is 14.7. The first kappa shape index (κ1) is 21.5. The molecule has 0 aliphatic carbocycles. The lowest BCUT2D eigenvalue weighted by molar-refractivity contribution is -0.136. The first-order chi connectivity index (χ1) is 13.7. The maximum atomic E-state index is 12.4. The average molecular weight is 409 g/mol. The number of ether oxygens (including phenoxy) is 2. The van der Waals surface area contributed by atoms with Gasteiger partial charge in [0.1, 0.15) is 30.3 Å². The molecule has 0 radical (unpaired) electrons. The summed E-state index contributed by atoms with van der Waals surface area (Å²) in [6.07, 6.45) is -4.87. The van der Waals surface area contributed by atoms with Gasteiger partial charge in [0.15, 0.2) is 0 Å². The van der Waals surface area contributed by atoms with E-state index in [0.29, 0.717) is 43.3 Å². The first-order valence-electron chi connectivity index (χ1n) is 9.68. The van der Waals surface area contributed by atoms with Crippen LogP contribution in [0.25, 0.3) is 0 Å². The van der Waals surface area contributed by atoms with E-state index >= 15 is 0 Å². The summed E-state index contributed by atoms with van der Waals surface area (Å²) in [5, 5.41) is 10.9. The van der Waals surface area contributed by atoms with Crippen molar-refractivity contribution in [2.24, 2.45) is 0 Å². The fourth-order valence-electron chi connectivity index (χ4n) is 3.30. The Labute approximate surface area is 168 Å². The van der Waals surface area contributed by atoms with E-state index in [-0.39, 0.29) is 13.0 Å². The molecule has 1 heterocycles. The van der Waals surface area contributed by atoms with Crippen LogP contribution in [0.1, 0.15) is 30.9 Å². The van der Waals surface area contributed by atoms with Crippen LogP contribution in [0.4, 0.5) is 13.2 Å². The number of para-hydroxylation sites is 1. The molecule has 3 rings (SSSR count). The molecule has 0 saturated heterocycles. The Morgan fingerprint density at radius 1 is 1.14 bits per heavy atom. The fraction of sp³-hybridized carbons (Fsp3) is 0.455. The van der Waals surface area contributed by atoms with E-state index in [1.165, 1.54) is 0 Å². The van der Waals surface area contributed by atoms with E-state index in [2.05, 4.69) is 0 Å². The van der Waals surface area contributed by atoms with Crippen molar-refractivity contribution in [3.05, 3.63) is 59.7 Å². The third-order valence-electron chi connectivity index (χ3n) is 4.94. The number of fused-ring (bicyclic) bond motifs is 1. The first-order valence-corrected chi connectivity index (χ1v) is 9.68. The number of hydrogen-bond acceptors (Lipinski definition) is 4. The van der Waals surface area contributed by atoms with Crippen molar-refractivity contribution < 1.29 is 27.8 Å². The van der Waals surface area contributed by atoms with E-state index in [1.54, 1.807) is 19.1 Å². The summed E-state index contributed by atoms with van der Waals surface area (Å²) in [5.41, 5.74) is 0.304. The second-order valence-electron chi connectivity index (χ2n) is 7.54. The Morgan fingerprint density at radius 3 is 2.62 bits per heavy atom. The highest BCUT2D eigenvalue weighted by atomic mass is 19.4. The lowest BCUT2D eigenvalue weighted by Crippen LogP contribution is -2.30. The number of nitrogens with zero attached hydrogens (tertiary/aromatic N) is 1. The van der Waals surface area contributed by atoms with E-state index in [9.17, 15) is 18.3 Å². The predicted octanol–water partition coefficient (Wildman–Crippen LogP) is 4.51. The minimum absolute atomic E-state index is 0.0567. The number of halogens is 3. The van der Waals surface area contributed by atoms with Crippen LogP contribution in [0.5, 0.6) is 11.5 Å². The van der Waals surface area contributed by atoms with Crippen LogP contribution in [-0.2, 0) is 12.1 Å². The Morgan fingerprint density at radius 2 is 1.90 bits per heavy atom. The second-order valence-corrected chi connectivity index (χ2v) is 7.54. The Kier molecular flexibility index (Phi) is 6.70. The summed E-state index contributed by atoms with van der Waals surface area (Å²) >= 11 is 0. The Bertz CT molecular complexity index is 794. The number of rotatable bonds is 7. The zero-order chi connectivity index (χ0) is 20.9. The van der Waals surface area contributed by atoms with Gasteiger partial charge in [-0.1, -0.05) is 24.3 Å². The Balaban J connectivity index is 1.66. The van der Waals surface area contributed by atoms with Crippen LogP contribution in [0.3, 0.4) is 0 Å². The van der Waals surface area contributed by atoms with Gasteiger partial charge >= 0.3 is 6.18 Å². The minimum atomic E-state index is -4.13. The third kappa shape index (κ3) is 6.37. The molecule has 1 aliphatic heterocycles.